The molecule has 3 aromatic rings. The molecular weight excluding hydrogens is 604 g/mol. The quantitative estimate of drug-likeness (QED) is 0.182. The van der Waals surface area contributed by atoms with Gasteiger partial charge >= 0.3 is 6.09 Å². The monoisotopic (exact) mass is 652 g/mol. The van der Waals surface area contributed by atoms with Gasteiger partial charge in [-0.05, 0) is 66.0 Å². The molecule has 0 saturated carbocycles. The predicted octanol–water partition coefficient (Wildman–Crippen LogP) is 6.45. The van der Waals surface area contributed by atoms with E-state index in [1.165, 1.54) is 0 Å². The molecule has 10 heteroatoms. The number of alkyl carbamates (subject to hydrolysis) is 1. The van der Waals surface area contributed by atoms with Crippen molar-refractivity contribution in [1.82, 2.24) is 10.0 Å². The van der Waals surface area contributed by atoms with Crippen LogP contribution in [0.15, 0.2) is 72.8 Å². The average Bonchev–Trinajstić information content (AvgIpc) is 2.98. The second-order valence-corrected chi connectivity index (χ2v) is 15.1. The van der Waals surface area contributed by atoms with Crippen molar-refractivity contribution in [2.24, 2.45) is 11.3 Å². The normalized spacial score (nSPS) is 13.3. The van der Waals surface area contributed by atoms with Gasteiger partial charge < -0.3 is 19.9 Å². The maximum absolute atomic E-state index is 12.9. The van der Waals surface area contributed by atoms with Crippen LogP contribution in [0.25, 0.3) is 11.1 Å². The summed E-state index contributed by atoms with van der Waals surface area (Å²) in [5, 5.41) is 14.2. The van der Waals surface area contributed by atoms with Gasteiger partial charge in [-0.3, -0.25) is 4.79 Å². The Morgan fingerprint density at radius 3 is 2.11 bits per heavy atom. The molecule has 3 aromatic carbocycles. The molecule has 0 fully saturated rings. The zero-order valence-corrected chi connectivity index (χ0v) is 28.7. The highest BCUT2D eigenvalue weighted by Gasteiger charge is 2.42. The minimum absolute atomic E-state index is 0.00491. The number of sulfonamides is 1. The van der Waals surface area contributed by atoms with Gasteiger partial charge in [-0.15, -0.1) is 0 Å². The highest BCUT2D eigenvalue weighted by atomic mass is 32.2. The van der Waals surface area contributed by atoms with Crippen molar-refractivity contribution in [3.63, 3.8) is 0 Å². The summed E-state index contributed by atoms with van der Waals surface area (Å²) in [5.74, 6) is -0.381. The molecule has 0 aliphatic rings. The van der Waals surface area contributed by atoms with E-state index in [0.717, 1.165) is 16.7 Å². The predicted molar refractivity (Wildman–Crippen MR) is 181 cm³/mol. The number of amides is 2. The Morgan fingerprint density at radius 1 is 0.891 bits per heavy atom. The summed E-state index contributed by atoms with van der Waals surface area (Å²) in [4.78, 5) is 25.4. The summed E-state index contributed by atoms with van der Waals surface area (Å²) < 4.78 is 38.3. The van der Waals surface area contributed by atoms with Gasteiger partial charge in [-0.2, -0.15) is 0 Å². The van der Waals surface area contributed by atoms with Crippen LogP contribution in [0.1, 0.15) is 76.4 Å². The van der Waals surface area contributed by atoms with Gasteiger partial charge in [0.25, 0.3) is 5.91 Å². The summed E-state index contributed by atoms with van der Waals surface area (Å²) in [6, 6.07) is 22.0. The van der Waals surface area contributed by atoms with Crippen LogP contribution in [0, 0.1) is 11.3 Å². The second-order valence-electron chi connectivity index (χ2n) is 13.2. The first kappa shape index (κ1) is 36.6. The first-order valence-corrected chi connectivity index (χ1v) is 17.3. The smallest absolute Gasteiger partial charge is 0.407 e. The number of nitrogens with one attached hydrogen (secondary N) is 2. The Hall–Kier alpha value is -3.89. The molecule has 0 aliphatic carbocycles. The summed E-state index contributed by atoms with van der Waals surface area (Å²) in [6.45, 7) is 13.4. The summed E-state index contributed by atoms with van der Waals surface area (Å²) in [7, 11) is -3.78. The highest BCUT2D eigenvalue weighted by molar-refractivity contribution is 7.90. The highest BCUT2D eigenvalue weighted by Crippen LogP contribution is 2.38. The van der Waals surface area contributed by atoms with Gasteiger partial charge in [-0.1, -0.05) is 95.3 Å². The molecular formula is C36H48N2O7S. The Bertz CT molecular complexity index is 1560. The molecule has 0 radical (unpaired) electrons. The molecule has 250 valence electrons. The Labute approximate surface area is 273 Å². The fraction of sp³-hybridized carbons (Fsp3) is 0.444. The summed E-state index contributed by atoms with van der Waals surface area (Å²) in [5.41, 5.74) is 1.66. The molecule has 0 unspecified atom stereocenters. The largest absolute Gasteiger partial charge is 0.490 e. The first-order chi connectivity index (χ1) is 21.5. The number of benzene rings is 3. The number of ether oxygens (including phenoxy) is 2. The first-order valence-electron chi connectivity index (χ1n) is 15.6. The molecule has 46 heavy (non-hydrogen) atoms. The van der Waals surface area contributed by atoms with Crippen molar-refractivity contribution in [2.45, 2.75) is 73.0 Å². The van der Waals surface area contributed by atoms with E-state index in [4.69, 9.17) is 9.47 Å². The minimum Gasteiger partial charge on any atom is -0.490 e. The van der Waals surface area contributed by atoms with Crippen molar-refractivity contribution >= 4 is 22.0 Å². The number of carbonyl (C=O) groups is 2. The summed E-state index contributed by atoms with van der Waals surface area (Å²) >= 11 is 0. The van der Waals surface area contributed by atoms with Crippen LogP contribution >= 0.6 is 0 Å². The molecule has 0 aromatic heterocycles. The third kappa shape index (κ3) is 10.3. The van der Waals surface area contributed by atoms with Crippen molar-refractivity contribution in [3.8, 4) is 16.9 Å². The number of rotatable bonds is 14. The maximum Gasteiger partial charge on any atom is 0.407 e. The molecule has 0 aliphatic heterocycles. The van der Waals surface area contributed by atoms with E-state index in [-0.39, 0.29) is 42.2 Å². The van der Waals surface area contributed by atoms with Gasteiger partial charge in [0.2, 0.25) is 10.0 Å². The van der Waals surface area contributed by atoms with Crippen LogP contribution in [0.2, 0.25) is 0 Å². The molecule has 0 heterocycles. The van der Waals surface area contributed by atoms with E-state index >= 15 is 0 Å². The number of hydrogen-bond acceptors (Lipinski definition) is 7. The fourth-order valence-electron chi connectivity index (χ4n) is 4.77. The van der Waals surface area contributed by atoms with E-state index in [9.17, 15) is 23.1 Å². The van der Waals surface area contributed by atoms with Gasteiger partial charge in [0.05, 0.1) is 30.6 Å². The van der Waals surface area contributed by atoms with Crippen molar-refractivity contribution in [3.05, 3.63) is 89.5 Å². The third-order valence-corrected chi connectivity index (χ3v) is 8.96. The lowest BCUT2D eigenvalue weighted by atomic mass is 9.72. The van der Waals surface area contributed by atoms with Crippen LogP contribution in [-0.2, 0) is 26.8 Å². The maximum atomic E-state index is 12.9. The minimum atomic E-state index is -3.78. The Kier molecular flexibility index (Phi) is 12.4. The molecule has 3 rings (SSSR count). The zero-order valence-electron chi connectivity index (χ0n) is 27.9. The standard InChI is InChI=1S/C36H48N2O7S/c1-25(2)20-22-46(42,43)38-33(39)31-18-17-29(23-32(31)45-26(3)4)28-15-13-27(14-16-28)19-21-44-34(40)37-24-36(41,35(5,6)7)30-11-9-8-10-12-30/h8-18,23,25-26,41H,19-22,24H2,1-7H3,(H,37,40)(H,38,39)/t36-/m0/s1. The van der Waals surface area contributed by atoms with Gasteiger partial charge in [0, 0.05) is 6.42 Å². The van der Waals surface area contributed by atoms with E-state index < -0.39 is 33.0 Å². The van der Waals surface area contributed by atoms with Crippen molar-refractivity contribution < 1.29 is 32.6 Å². The molecule has 3 N–H and O–H groups in total. The molecule has 0 saturated heterocycles. The summed E-state index contributed by atoms with van der Waals surface area (Å²) in [6.07, 6.45) is 0.0921. The Morgan fingerprint density at radius 2 is 1.52 bits per heavy atom. The van der Waals surface area contributed by atoms with E-state index in [1.54, 1.807) is 18.2 Å². The number of aliphatic hydroxyl groups is 1. The molecule has 9 nitrogen and oxygen atoms in total. The van der Waals surface area contributed by atoms with Crippen LogP contribution in [0.5, 0.6) is 5.75 Å². The topological polar surface area (TPSA) is 131 Å². The zero-order chi connectivity index (χ0) is 34.1. The Balaban J connectivity index is 1.62. The van der Waals surface area contributed by atoms with Crippen LogP contribution in [0.4, 0.5) is 4.79 Å². The molecule has 0 bridgehead atoms. The molecule has 2 amide bonds. The molecule has 0 spiro atoms. The van der Waals surface area contributed by atoms with Crippen molar-refractivity contribution in [1.29, 1.82) is 0 Å². The van der Waals surface area contributed by atoms with Gasteiger partial charge in [-0.25, -0.2) is 17.9 Å². The van der Waals surface area contributed by atoms with Crippen molar-refractivity contribution in [2.75, 3.05) is 18.9 Å². The lowest BCUT2D eigenvalue weighted by Gasteiger charge is -2.40. The lowest BCUT2D eigenvalue weighted by molar-refractivity contribution is -0.0617. The third-order valence-electron chi connectivity index (χ3n) is 7.69. The molecule has 1 atom stereocenters. The number of carbonyl (C=O) groups excluding carboxylic acids is 2. The second kappa shape index (κ2) is 15.6. The lowest BCUT2D eigenvalue weighted by Crippen LogP contribution is -2.49. The van der Waals surface area contributed by atoms with Crippen LogP contribution in [-0.4, -0.2) is 50.5 Å². The fourth-order valence-corrected chi connectivity index (χ4v) is 6.05. The van der Waals surface area contributed by atoms with E-state index in [2.05, 4.69) is 10.0 Å². The van der Waals surface area contributed by atoms with Crippen LogP contribution < -0.4 is 14.8 Å². The average molecular weight is 653 g/mol. The van der Waals surface area contributed by atoms with Crippen LogP contribution in [0.3, 0.4) is 0 Å². The van der Waals surface area contributed by atoms with E-state index in [0.29, 0.717) is 18.4 Å². The van der Waals surface area contributed by atoms with Gasteiger partial charge in [0.1, 0.15) is 11.4 Å². The number of hydrogen-bond donors (Lipinski definition) is 3. The SMILES string of the molecule is CC(C)CCS(=O)(=O)NC(=O)c1ccc(-c2ccc(CCOC(=O)NC[C@](O)(c3ccccc3)C(C)(C)C)cc2)cc1OC(C)C. The van der Waals surface area contributed by atoms with Gasteiger partial charge in [0.15, 0.2) is 0 Å². The van der Waals surface area contributed by atoms with E-state index in [1.807, 2.05) is 103 Å².